The summed E-state index contributed by atoms with van der Waals surface area (Å²) in [5.41, 5.74) is 2.35. The minimum absolute atomic E-state index is 0.403. The van der Waals surface area contributed by atoms with Gasteiger partial charge in [-0.2, -0.15) is 4.68 Å². The van der Waals surface area contributed by atoms with Gasteiger partial charge in [-0.3, -0.25) is 4.79 Å². The first-order valence-corrected chi connectivity index (χ1v) is 9.02. The Morgan fingerprint density at radius 1 is 1.19 bits per heavy atom. The number of hydrogen-bond donors (Lipinski definition) is 1. The van der Waals surface area contributed by atoms with Gasteiger partial charge in [-0.15, -0.1) is 5.10 Å². The zero-order valence-corrected chi connectivity index (χ0v) is 15.7. The number of nitrogens with zero attached hydrogens (tertiary/aromatic N) is 4. The summed E-state index contributed by atoms with van der Waals surface area (Å²) < 4.78 is 29.0. The van der Waals surface area contributed by atoms with Crippen molar-refractivity contribution >= 4 is 23.4 Å². The van der Waals surface area contributed by atoms with Gasteiger partial charge in [0.05, 0.1) is 10.9 Å². The van der Waals surface area contributed by atoms with Gasteiger partial charge in [0.1, 0.15) is 17.3 Å². The first-order valence-electron chi connectivity index (χ1n) is 8.14. The summed E-state index contributed by atoms with van der Waals surface area (Å²) >= 11 is 1.10. The van der Waals surface area contributed by atoms with Crippen LogP contribution < -0.4 is 5.32 Å². The van der Waals surface area contributed by atoms with E-state index in [-0.39, 0.29) is 0 Å². The van der Waals surface area contributed by atoms with Crippen LogP contribution in [0, 0.1) is 25.5 Å². The molecule has 1 heterocycles. The molecule has 1 N–H and O–H groups in total. The number of carbonyl (C=O) groups is 1. The molecule has 0 unspecified atom stereocenters. The maximum atomic E-state index is 13.7. The number of aromatic nitrogens is 4. The number of halogens is 2. The summed E-state index contributed by atoms with van der Waals surface area (Å²) in [6, 6.07) is 9.27. The van der Waals surface area contributed by atoms with E-state index in [2.05, 4.69) is 20.8 Å². The van der Waals surface area contributed by atoms with Gasteiger partial charge in [0.2, 0.25) is 11.1 Å². The van der Waals surface area contributed by atoms with E-state index in [1.807, 2.05) is 32.0 Å². The quantitative estimate of drug-likeness (QED) is 0.674. The third-order valence-electron chi connectivity index (χ3n) is 3.90. The van der Waals surface area contributed by atoms with E-state index in [1.165, 1.54) is 6.07 Å². The number of aryl methyl sites for hydroxylation is 2. The lowest BCUT2D eigenvalue weighted by atomic mass is 10.1. The van der Waals surface area contributed by atoms with E-state index >= 15 is 0 Å². The molecule has 1 atom stereocenters. The molecule has 0 aliphatic rings. The molecule has 27 heavy (non-hydrogen) atoms. The summed E-state index contributed by atoms with van der Waals surface area (Å²) in [5, 5.41) is 13.6. The Morgan fingerprint density at radius 2 is 1.89 bits per heavy atom. The van der Waals surface area contributed by atoms with Crippen molar-refractivity contribution in [2.24, 2.45) is 0 Å². The summed E-state index contributed by atoms with van der Waals surface area (Å²) in [5.74, 6) is -2.22. The second-order valence-corrected chi connectivity index (χ2v) is 7.32. The second kappa shape index (κ2) is 7.83. The smallest absolute Gasteiger partial charge is 0.237 e. The van der Waals surface area contributed by atoms with Crippen LogP contribution in [-0.4, -0.2) is 31.4 Å². The summed E-state index contributed by atoms with van der Waals surface area (Å²) in [6.07, 6.45) is 0. The fourth-order valence-electron chi connectivity index (χ4n) is 2.40. The first-order chi connectivity index (χ1) is 12.9. The molecule has 3 aromatic rings. The summed E-state index contributed by atoms with van der Waals surface area (Å²) in [6.45, 7) is 5.50. The van der Waals surface area contributed by atoms with Crippen LogP contribution in [0.25, 0.3) is 5.69 Å². The highest BCUT2D eigenvalue weighted by Gasteiger charge is 2.22. The number of rotatable bonds is 5. The third kappa shape index (κ3) is 4.13. The average molecular weight is 389 g/mol. The maximum Gasteiger partial charge on any atom is 0.237 e. The van der Waals surface area contributed by atoms with Crippen molar-refractivity contribution < 1.29 is 13.6 Å². The van der Waals surface area contributed by atoms with Gasteiger partial charge in [0.25, 0.3) is 0 Å². The van der Waals surface area contributed by atoms with Gasteiger partial charge in [0, 0.05) is 0 Å². The summed E-state index contributed by atoms with van der Waals surface area (Å²) in [4.78, 5) is 12.4. The topological polar surface area (TPSA) is 72.7 Å². The molecule has 0 aliphatic carbocycles. The molecule has 0 saturated heterocycles. The molecule has 140 valence electrons. The molecule has 0 aliphatic heterocycles. The molecular weight excluding hydrogens is 372 g/mol. The van der Waals surface area contributed by atoms with Crippen LogP contribution in [0.2, 0.25) is 0 Å². The van der Waals surface area contributed by atoms with E-state index in [1.54, 1.807) is 11.6 Å². The largest absolute Gasteiger partial charge is 0.320 e. The molecular formula is C18H17F2N5OS. The molecule has 0 fully saturated rings. The Balaban J connectivity index is 1.79. The minimum atomic E-state index is -0.833. The van der Waals surface area contributed by atoms with Crippen molar-refractivity contribution in [3.8, 4) is 5.69 Å². The number of para-hydroxylation sites is 1. The first kappa shape index (κ1) is 19.0. The number of hydrogen-bond acceptors (Lipinski definition) is 5. The highest BCUT2D eigenvalue weighted by atomic mass is 32.2. The van der Waals surface area contributed by atoms with Gasteiger partial charge < -0.3 is 5.32 Å². The average Bonchev–Trinajstić information content (AvgIpc) is 3.08. The number of thioether (sulfide) groups is 1. The molecule has 3 rings (SSSR count). The maximum absolute atomic E-state index is 13.7. The lowest BCUT2D eigenvalue weighted by Crippen LogP contribution is -2.24. The normalized spacial score (nSPS) is 12.0. The van der Waals surface area contributed by atoms with Crippen LogP contribution in [0.1, 0.15) is 18.1 Å². The number of amides is 1. The molecule has 1 amide bonds. The van der Waals surface area contributed by atoms with E-state index in [0.717, 1.165) is 40.7 Å². The Morgan fingerprint density at radius 3 is 2.59 bits per heavy atom. The standard InChI is InChI=1S/C18H17F2N5OS/c1-10-7-8-11(2)15(9-10)25-18(22-23-24-25)27-12(3)17(26)21-16-13(19)5-4-6-14(16)20/h4-9,12H,1-3H3,(H,21,26)/t12-/m1/s1. The molecule has 9 heteroatoms. The van der Waals surface area contributed by atoms with E-state index in [9.17, 15) is 13.6 Å². The Kier molecular flexibility index (Phi) is 5.50. The Bertz CT molecular complexity index is 971. The highest BCUT2D eigenvalue weighted by Crippen LogP contribution is 2.26. The molecule has 6 nitrogen and oxygen atoms in total. The number of benzene rings is 2. The van der Waals surface area contributed by atoms with Crippen LogP contribution in [-0.2, 0) is 4.79 Å². The predicted octanol–water partition coefficient (Wildman–Crippen LogP) is 3.68. The molecule has 0 radical (unpaired) electrons. The summed E-state index contributed by atoms with van der Waals surface area (Å²) in [7, 11) is 0. The van der Waals surface area contributed by atoms with Crippen LogP contribution in [0.5, 0.6) is 0 Å². The van der Waals surface area contributed by atoms with Crippen molar-refractivity contribution in [2.45, 2.75) is 31.2 Å². The third-order valence-corrected chi connectivity index (χ3v) is 4.93. The van der Waals surface area contributed by atoms with Gasteiger partial charge in [0.15, 0.2) is 0 Å². The molecule has 0 spiro atoms. The highest BCUT2D eigenvalue weighted by molar-refractivity contribution is 8.00. The fraction of sp³-hybridized carbons (Fsp3) is 0.222. The van der Waals surface area contributed by atoms with Gasteiger partial charge in [-0.1, -0.05) is 30.0 Å². The van der Waals surface area contributed by atoms with E-state index in [4.69, 9.17) is 0 Å². The second-order valence-electron chi connectivity index (χ2n) is 6.01. The van der Waals surface area contributed by atoms with Crippen LogP contribution in [0.15, 0.2) is 41.6 Å². The Hall–Kier alpha value is -2.81. The Labute approximate surface area is 159 Å². The lowest BCUT2D eigenvalue weighted by Gasteiger charge is -2.13. The van der Waals surface area contributed by atoms with E-state index in [0.29, 0.717) is 5.16 Å². The zero-order chi connectivity index (χ0) is 19.6. The number of nitrogens with one attached hydrogen (secondary N) is 1. The van der Waals surface area contributed by atoms with Crippen molar-refractivity contribution in [1.82, 2.24) is 20.2 Å². The van der Waals surface area contributed by atoms with Crippen molar-refractivity contribution in [3.63, 3.8) is 0 Å². The van der Waals surface area contributed by atoms with Crippen LogP contribution in [0.3, 0.4) is 0 Å². The fourth-order valence-corrected chi connectivity index (χ4v) is 3.21. The van der Waals surface area contributed by atoms with Crippen molar-refractivity contribution in [2.75, 3.05) is 5.32 Å². The molecule has 0 bridgehead atoms. The number of carbonyl (C=O) groups excluding carboxylic acids is 1. The van der Waals surface area contributed by atoms with Gasteiger partial charge >= 0.3 is 0 Å². The van der Waals surface area contributed by atoms with Gasteiger partial charge in [-0.25, -0.2) is 8.78 Å². The zero-order valence-electron chi connectivity index (χ0n) is 14.9. The minimum Gasteiger partial charge on any atom is -0.320 e. The molecule has 0 saturated carbocycles. The number of tetrazole rings is 1. The van der Waals surface area contributed by atoms with Gasteiger partial charge in [-0.05, 0) is 60.5 Å². The van der Waals surface area contributed by atoms with E-state index < -0.39 is 28.5 Å². The van der Waals surface area contributed by atoms with Crippen molar-refractivity contribution in [3.05, 3.63) is 59.2 Å². The molecule has 1 aromatic heterocycles. The van der Waals surface area contributed by atoms with Crippen LogP contribution >= 0.6 is 11.8 Å². The monoisotopic (exact) mass is 389 g/mol. The SMILES string of the molecule is Cc1ccc(C)c(-n2nnnc2S[C@H](C)C(=O)Nc2c(F)cccc2F)c1. The molecule has 2 aromatic carbocycles. The lowest BCUT2D eigenvalue weighted by molar-refractivity contribution is -0.115. The number of anilines is 1. The van der Waals surface area contributed by atoms with Crippen molar-refractivity contribution in [1.29, 1.82) is 0 Å². The van der Waals surface area contributed by atoms with Crippen LogP contribution in [0.4, 0.5) is 14.5 Å². The predicted molar refractivity (Wildman–Crippen MR) is 98.9 cm³/mol.